The summed E-state index contributed by atoms with van der Waals surface area (Å²) < 4.78 is 21.0. The van der Waals surface area contributed by atoms with Crippen LogP contribution in [-0.4, -0.2) is 65.1 Å². The second kappa shape index (κ2) is 10.4. The van der Waals surface area contributed by atoms with E-state index in [1.165, 1.54) is 12.3 Å². The minimum Gasteiger partial charge on any atom is -0.383 e. The summed E-state index contributed by atoms with van der Waals surface area (Å²) in [6.45, 7) is 4.52. The number of carbonyl (C=O) groups is 1. The van der Waals surface area contributed by atoms with Crippen molar-refractivity contribution in [3.05, 3.63) is 70.3 Å². The fraction of sp³-hybridized carbons (Fsp3) is 0.348. The van der Waals surface area contributed by atoms with Gasteiger partial charge in [-0.1, -0.05) is 18.2 Å². The van der Waals surface area contributed by atoms with Crippen molar-refractivity contribution in [2.75, 3.05) is 38.7 Å². The van der Waals surface area contributed by atoms with Crippen molar-refractivity contribution >= 4 is 27.8 Å². The number of anilines is 1. The molecule has 0 radical (unpaired) electrons. The van der Waals surface area contributed by atoms with E-state index in [9.17, 15) is 9.18 Å². The van der Waals surface area contributed by atoms with Crippen LogP contribution >= 0.6 is 15.9 Å². The summed E-state index contributed by atoms with van der Waals surface area (Å²) in [6.07, 6.45) is 1.21. The van der Waals surface area contributed by atoms with E-state index in [1.807, 2.05) is 37.3 Å². The van der Waals surface area contributed by atoms with Crippen LogP contribution in [0.5, 0.6) is 0 Å². The molecule has 2 amide bonds. The Morgan fingerprint density at radius 2 is 2.03 bits per heavy atom. The fourth-order valence-electron chi connectivity index (χ4n) is 4.02. The van der Waals surface area contributed by atoms with Crippen molar-refractivity contribution in [2.24, 2.45) is 0 Å². The molecule has 0 aliphatic carbocycles. The minimum atomic E-state index is -0.385. The summed E-state index contributed by atoms with van der Waals surface area (Å²) in [4.78, 5) is 19.5. The van der Waals surface area contributed by atoms with Gasteiger partial charge in [0, 0.05) is 38.4 Å². The van der Waals surface area contributed by atoms with Crippen LogP contribution < -0.4 is 10.6 Å². The van der Waals surface area contributed by atoms with Gasteiger partial charge in [0.2, 0.25) is 0 Å². The minimum absolute atomic E-state index is 0.0718. The highest BCUT2D eigenvalue weighted by Gasteiger charge is 2.35. The Bertz CT molecular complexity index is 1090. The molecule has 0 spiro atoms. The molecule has 1 aromatic carbocycles. The maximum atomic E-state index is 13.4. The van der Waals surface area contributed by atoms with Crippen molar-refractivity contribution in [3.63, 3.8) is 0 Å². The maximum Gasteiger partial charge on any atom is 0.320 e. The fourth-order valence-corrected chi connectivity index (χ4v) is 4.37. The Morgan fingerprint density at radius 3 is 2.73 bits per heavy atom. The Labute approximate surface area is 200 Å². The molecule has 0 bridgehead atoms. The second-order valence-corrected chi connectivity index (χ2v) is 8.75. The first-order valence-corrected chi connectivity index (χ1v) is 11.5. The zero-order valence-electron chi connectivity index (χ0n) is 18.5. The Hall–Kier alpha value is -2.82. The summed E-state index contributed by atoms with van der Waals surface area (Å²) in [5.74, 6) is 0.0870. The molecular formula is C23H26BrFN6O2. The van der Waals surface area contributed by atoms with Crippen molar-refractivity contribution in [1.82, 2.24) is 25.0 Å². The van der Waals surface area contributed by atoms with Crippen LogP contribution in [-0.2, 0) is 4.74 Å². The maximum absolute atomic E-state index is 13.4. The predicted molar refractivity (Wildman–Crippen MR) is 127 cm³/mol. The number of pyridine rings is 1. The van der Waals surface area contributed by atoms with E-state index in [-0.39, 0.29) is 23.8 Å². The van der Waals surface area contributed by atoms with Gasteiger partial charge in [0.05, 0.1) is 34.7 Å². The molecule has 3 heterocycles. The molecule has 2 atom stereocenters. The van der Waals surface area contributed by atoms with Gasteiger partial charge < -0.3 is 10.1 Å². The number of likely N-dealkylation sites (tertiary alicyclic amines) is 1. The highest BCUT2D eigenvalue weighted by molar-refractivity contribution is 9.10. The van der Waals surface area contributed by atoms with Gasteiger partial charge >= 0.3 is 6.03 Å². The summed E-state index contributed by atoms with van der Waals surface area (Å²) >= 11 is 3.54. The van der Waals surface area contributed by atoms with E-state index >= 15 is 0 Å². The number of carbonyl (C=O) groups excluding carboxylic acids is 1. The average molecular weight is 517 g/mol. The summed E-state index contributed by atoms with van der Waals surface area (Å²) in [5.41, 5.74) is 2.34. The molecular weight excluding hydrogens is 491 g/mol. The smallest absolute Gasteiger partial charge is 0.320 e. The number of benzene rings is 1. The van der Waals surface area contributed by atoms with Gasteiger partial charge in [-0.3, -0.25) is 15.2 Å². The molecule has 2 aromatic heterocycles. The Morgan fingerprint density at radius 1 is 1.24 bits per heavy atom. The van der Waals surface area contributed by atoms with Gasteiger partial charge in [0.15, 0.2) is 5.82 Å². The molecule has 1 aliphatic heterocycles. The van der Waals surface area contributed by atoms with Crippen LogP contribution in [0.3, 0.4) is 0 Å². The standard InChI is InChI=1S/C23H26BrFN6O2/c1-15-21(24)22(31(29-15)17-6-4-3-5-7-17)28-23(32)27-20-14-30(10-11-33-2)13-18(20)19-9-8-16(25)12-26-19/h3-9,12,18,20H,10-11,13-14H2,1-2H3,(H2,27,28,32)/t18?,20-/m1/s1. The van der Waals surface area contributed by atoms with E-state index in [2.05, 4.69) is 41.5 Å². The predicted octanol–water partition coefficient (Wildman–Crippen LogP) is 3.71. The molecule has 174 valence electrons. The third kappa shape index (κ3) is 5.40. The van der Waals surface area contributed by atoms with E-state index < -0.39 is 0 Å². The average Bonchev–Trinajstić information content (AvgIpc) is 3.34. The number of methoxy groups -OCH3 is 1. The lowest BCUT2D eigenvalue weighted by atomic mass is 9.99. The number of amides is 2. The third-order valence-corrected chi connectivity index (χ3v) is 6.62. The van der Waals surface area contributed by atoms with Crippen LogP contribution in [0.15, 0.2) is 53.1 Å². The quantitative estimate of drug-likeness (QED) is 0.500. The van der Waals surface area contributed by atoms with E-state index in [0.717, 1.165) is 23.6 Å². The van der Waals surface area contributed by atoms with Crippen molar-refractivity contribution in [1.29, 1.82) is 0 Å². The van der Waals surface area contributed by atoms with Crippen molar-refractivity contribution in [2.45, 2.75) is 18.9 Å². The number of halogens is 2. The monoisotopic (exact) mass is 516 g/mol. The first kappa shape index (κ1) is 23.3. The topological polar surface area (TPSA) is 84.3 Å². The molecule has 2 N–H and O–H groups in total. The number of urea groups is 1. The van der Waals surface area contributed by atoms with E-state index in [1.54, 1.807) is 17.9 Å². The van der Waals surface area contributed by atoms with Gasteiger partial charge in [0.25, 0.3) is 0 Å². The second-order valence-electron chi connectivity index (χ2n) is 7.96. The number of nitrogens with zero attached hydrogens (tertiary/aromatic N) is 4. The molecule has 10 heteroatoms. The zero-order valence-corrected chi connectivity index (χ0v) is 20.0. The number of rotatable bonds is 7. The van der Waals surface area contributed by atoms with Gasteiger partial charge in [-0.15, -0.1) is 0 Å². The number of hydrogen-bond acceptors (Lipinski definition) is 5. The summed E-state index contributed by atoms with van der Waals surface area (Å²) in [7, 11) is 1.66. The molecule has 1 aliphatic rings. The number of aryl methyl sites for hydroxylation is 1. The first-order chi connectivity index (χ1) is 16.0. The lowest BCUT2D eigenvalue weighted by molar-refractivity contribution is 0.159. The Balaban J connectivity index is 1.52. The number of aromatic nitrogens is 3. The number of para-hydroxylation sites is 1. The molecule has 33 heavy (non-hydrogen) atoms. The highest BCUT2D eigenvalue weighted by atomic mass is 79.9. The molecule has 1 saturated heterocycles. The molecule has 3 aromatic rings. The number of ether oxygens (including phenoxy) is 1. The van der Waals surface area contributed by atoms with E-state index in [4.69, 9.17) is 4.74 Å². The van der Waals surface area contributed by atoms with Crippen molar-refractivity contribution in [3.8, 4) is 5.69 Å². The molecule has 0 saturated carbocycles. The van der Waals surface area contributed by atoms with Gasteiger partial charge in [0.1, 0.15) is 5.82 Å². The SMILES string of the molecule is COCCN1CC(c2ccc(F)cn2)[C@H](NC(=O)Nc2c(Br)c(C)nn2-c2ccccc2)C1. The third-order valence-electron chi connectivity index (χ3n) is 5.67. The van der Waals surface area contributed by atoms with Crippen LogP contribution in [0.25, 0.3) is 5.69 Å². The number of hydrogen-bond donors (Lipinski definition) is 2. The van der Waals surface area contributed by atoms with E-state index in [0.29, 0.717) is 30.0 Å². The van der Waals surface area contributed by atoms with Crippen LogP contribution in [0.1, 0.15) is 17.3 Å². The number of nitrogens with one attached hydrogen (secondary N) is 2. The highest BCUT2D eigenvalue weighted by Crippen LogP contribution is 2.30. The molecule has 4 rings (SSSR count). The molecule has 1 unspecified atom stereocenters. The van der Waals surface area contributed by atoms with Gasteiger partial charge in [-0.25, -0.2) is 13.9 Å². The van der Waals surface area contributed by atoms with Gasteiger partial charge in [-0.05, 0) is 47.1 Å². The molecule has 8 nitrogen and oxygen atoms in total. The Kier molecular flexibility index (Phi) is 7.36. The van der Waals surface area contributed by atoms with Gasteiger partial charge in [-0.2, -0.15) is 5.10 Å². The van der Waals surface area contributed by atoms with Crippen LogP contribution in [0.4, 0.5) is 15.0 Å². The summed E-state index contributed by atoms with van der Waals surface area (Å²) in [5, 5.41) is 10.6. The van der Waals surface area contributed by atoms with Crippen LogP contribution in [0, 0.1) is 12.7 Å². The first-order valence-electron chi connectivity index (χ1n) is 10.7. The van der Waals surface area contributed by atoms with Crippen LogP contribution in [0.2, 0.25) is 0 Å². The molecule has 1 fully saturated rings. The largest absolute Gasteiger partial charge is 0.383 e. The summed E-state index contributed by atoms with van der Waals surface area (Å²) in [6, 6.07) is 12.1. The lowest BCUT2D eigenvalue weighted by Crippen LogP contribution is -2.42. The normalized spacial score (nSPS) is 18.4. The lowest BCUT2D eigenvalue weighted by Gasteiger charge is -2.20. The zero-order chi connectivity index (χ0) is 23.4. The van der Waals surface area contributed by atoms with Crippen molar-refractivity contribution < 1.29 is 13.9 Å².